The van der Waals surface area contributed by atoms with Crippen LogP contribution in [0.2, 0.25) is 0 Å². The molecule has 0 N–H and O–H groups in total. The molecule has 2 fully saturated rings. The Labute approximate surface area is 137 Å². The van der Waals surface area contributed by atoms with Crippen molar-refractivity contribution in [2.45, 2.75) is 13.3 Å². The van der Waals surface area contributed by atoms with Crippen molar-refractivity contribution in [2.75, 3.05) is 26.2 Å². The summed E-state index contributed by atoms with van der Waals surface area (Å²) in [7, 11) is -3.43. The second-order valence-electron chi connectivity index (χ2n) is 6.30. The van der Waals surface area contributed by atoms with E-state index in [1.165, 1.54) is 9.71 Å². The molecule has 1 amide bonds. The molecule has 1 aromatic carbocycles. The molecule has 2 atom stereocenters. The van der Waals surface area contributed by atoms with E-state index in [2.05, 4.69) is 6.92 Å². The lowest BCUT2D eigenvalue weighted by molar-refractivity contribution is -0.134. The maximum atomic E-state index is 12.4. The van der Waals surface area contributed by atoms with Crippen LogP contribution in [-0.2, 0) is 14.8 Å². The van der Waals surface area contributed by atoms with E-state index < -0.39 is 10.0 Å². The molecule has 5 nitrogen and oxygen atoms in total. The molecular formula is C17H22N2O3S. The topological polar surface area (TPSA) is 57.7 Å². The van der Waals surface area contributed by atoms with E-state index in [1.54, 1.807) is 11.0 Å². The molecule has 0 bridgehead atoms. The van der Waals surface area contributed by atoms with Gasteiger partial charge < -0.3 is 4.90 Å². The average molecular weight is 334 g/mol. The summed E-state index contributed by atoms with van der Waals surface area (Å²) in [6, 6.07) is 9.35. The number of carbonyl (C=O) groups is 1. The maximum absolute atomic E-state index is 12.4. The number of nitrogens with zero attached hydrogens (tertiary/aromatic N) is 2. The van der Waals surface area contributed by atoms with Gasteiger partial charge in [-0.15, -0.1) is 0 Å². The first kappa shape index (κ1) is 16.2. The van der Waals surface area contributed by atoms with Gasteiger partial charge in [0.2, 0.25) is 15.9 Å². The highest BCUT2D eigenvalue weighted by atomic mass is 32.2. The van der Waals surface area contributed by atoms with Gasteiger partial charge in [0.1, 0.15) is 0 Å². The molecule has 6 heteroatoms. The summed E-state index contributed by atoms with van der Waals surface area (Å²) in [5.74, 6) is 0.837. The number of hydrogen-bond acceptors (Lipinski definition) is 3. The lowest BCUT2D eigenvalue weighted by atomic mass is 10.2. The number of amides is 1. The summed E-state index contributed by atoms with van der Waals surface area (Å²) in [6.45, 7) is 3.79. The van der Waals surface area contributed by atoms with Gasteiger partial charge in [0.05, 0.1) is 0 Å². The molecule has 3 rings (SSSR count). The van der Waals surface area contributed by atoms with Crippen molar-refractivity contribution >= 4 is 22.0 Å². The zero-order chi connectivity index (χ0) is 16.4. The first-order valence-electron chi connectivity index (χ1n) is 7.99. The maximum Gasteiger partial charge on any atom is 0.236 e. The Morgan fingerprint density at radius 2 is 1.74 bits per heavy atom. The first-order valence-corrected chi connectivity index (χ1v) is 9.50. The summed E-state index contributed by atoms with van der Waals surface area (Å²) in [5, 5.41) is 1.25. The fourth-order valence-corrected chi connectivity index (χ4v) is 4.05. The van der Waals surface area contributed by atoms with E-state index in [0.717, 1.165) is 12.0 Å². The minimum atomic E-state index is -3.43. The number of benzene rings is 1. The van der Waals surface area contributed by atoms with E-state index >= 15 is 0 Å². The van der Waals surface area contributed by atoms with Crippen LogP contribution in [0.1, 0.15) is 18.9 Å². The van der Waals surface area contributed by atoms with Crippen molar-refractivity contribution in [3.63, 3.8) is 0 Å². The van der Waals surface area contributed by atoms with Crippen LogP contribution in [0.4, 0.5) is 0 Å². The Bertz CT molecular complexity index is 692. The summed E-state index contributed by atoms with van der Waals surface area (Å²) < 4.78 is 26.2. The summed E-state index contributed by atoms with van der Waals surface area (Å²) >= 11 is 0. The van der Waals surface area contributed by atoms with Gasteiger partial charge in [0.25, 0.3) is 0 Å². The van der Waals surface area contributed by atoms with Crippen LogP contribution in [0.5, 0.6) is 0 Å². The van der Waals surface area contributed by atoms with E-state index in [-0.39, 0.29) is 11.8 Å². The lowest BCUT2D eigenvalue weighted by Gasteiger charge is -2.33. The Hall–Kier alpha value is -1.66. The standard InChI is InChI=1S/C17H22N2O3S/c1-14-13-16(14)17(20)18-8-10-19(11-9-18)23(21,22)12-7-15-5-3-2-4-6-15/h2-7,12,14,16H,8-11,13H2,1H3/b12-7+/t14-,16-/m1/s1. The molecule has 2 aliphatic rings. The summed E-state index contributed by atoms with van der Waals surface area (Å²) in [5.41, 5.74) is 0.854. The monoisotopic (exact) mass is 334 g/mol. The van der Waals surface area contributed by atoms with Crippen LogP contribution >= 0.6 is 0 Å². The molecule has 1 aliphatic carbocycles. The second kappa shape index (κ2) is 6.45. The molecular weight excluding hydrogens is 312 g/mol. The third-order valence-electron chi connectivity index (χ3n) is 4.57. The van der Waals surface area contributed by atoms with Crippen molar-refractivity contribution in [2.24, 2.45) is 11.8 Å². The highest BCUT2D eigenvalue weighted by Gasteiger charge is 2.42. The third kappa shape index (κ3) is 3.82. The van der Waals surface area contributed by atoms with Crippen molar-refractivity contribution in [3.8, 4) is 0 Å². The predicted octanol–water partition coefficient (Wildman–Crippen LogP) is 1.79. The molecule has 1 saturated carbocycles. The molecule has 0 radical (unpaired) electrons. The van der Waals surface area contributed by atoms with Crippen LogP contribution in [0.3, 0.4) is 0 Å². The van der Waals surface area contributed by atoms with Crippen LogP contribution in [-0.4, -0.2) is 49.7 Å². The largest absolute Gasteiger partial charge is 0.340 e. The summed E-state index contributed by atoms with van der Waals surface area (Å²) in [6.07, 6.45) is 2.58. The van der Waals surface area contributed by atoms with Crippen molar-refractivity contribution in [3.05, 3.63) is 41.3 Å². The van der Waals surface area contributed by atoms with Gasteiger partial charge in [-0.25, -0.2) is 8.42 Å². The van der Waals surface area contributed by atoms with E-state index in [1.807, 2.05) is 30.3 Å². The Morgan fingerprint density at radius 3 is 2.30 bits per heavy atom. The molecule has 1 aromatic rings. The predicted molar refractivity (Wildman–Crippen MR) is 89.8 cm³/mol. The van der Waals surface area contributed by atoms with Crippen molar-refractivity contribution in [1.82, 2.24) is 9.21 Å². The summed E-state index contributed by atoms with van der Waals surface area (Å²) in [4.78, 5) is 14.0. The first-order chi connectivity index (χ1) is 11.0. The molecule has 0 spiro atoms. The molecule has 23 heavy (non-hydrogen) atoms. The highest BCUT2D eigenvalue weighted by Crippen LogP contribution is 2.39. The van der Waals surface area contributed by atoms with Crippen LogP contribution in [0, 0.1) is 11.8 Å². The van der Waals surface area contributed by atoms with E-state index in [9.17, 15) is 13.2 Å². The average Bonchev–Trinajstić information content (AvgIpc) is 3.30. The van der Waals surface area contributed by atoms with E-state index in [4.69, 9.17) is 0 Å². The molecule has 1 heterocycles. The van der Waals surface area contributed by atoms with Crippen LogP contribution < -0.4 is 0 Å². The van der Waals surface area contributed by atoms with Gasteiger partial charge in [0, 0.05) is 37.5 Å². The zero-order valence-electron chi connectivity index (χ0n) is 13.3. The van der Waals surface area contributed by atoms with Crippen LogP contribution in [0.15, 0.2) is 35.7 Å². The Kier molecular flexibility index (Phi) is 4.55. The minimum Gasteiger partial charge on any atom is -0.340 e. The molecule has 124 valence electrons. The normalized spacial score (nSPS) is 25.7. The highest BCUT2D eigenvalue weighted by molar-refractivity contribution is 7.92. The fraction of sp³-hybridized carbons (Fsp3) is 0.471. The Balaban J connectivity index is 1.58. The van der Waals surface area contributed by atoms with Crippen molar-refractivity contribution in [1.29, 1.82) is 0 Å². The second-order valence-corrected chi connectivity index (χ2v) is 8.12. The van der Waals surface area contributed by atoms with Crippen molar-refractivity contribution < 1.29 is 13.2 Å². The van der Waals surface area contributed by atoms with Gasteiger partial charge in [-0.05, 0) is 24.0 Å². The smallest absolute Gasteiger partial charge is 0.236 e. The minimum absolute atomic E-state index is 0.163. The zero-order valence-corrected chi connectivity index (χ0v) is 14.1. The number of rotatable bonds is 4. The number of carbonyl (C=O) groups excluding carboxylic acids is 1. The SMILES string of the molecule is C[C@@H]1C[C@H]1C(=O)N1CCN(S(=O)(=O)/C=C/c2ccccc2)CC1. The van der Waals surface area contributed by atoms with E-state index in [0.29, 0.717) is 32.1 Å². The van der Waals surface area contributed by atoms with Gasteiger partial charge in [-0.1, -0.05) is 37.3 Å². The fourth-order valence-electron chi connectivity index (χ4n) is 2.88. The van der Waals surface area contributed by atoms with Crippen LogP contribution in [0.25, 0.3) is 6.08 Å². The molecule has 0 unspecified atom stereocenters. The van der Waals surface area contributed by atoms with Gasteiger partial charge in [-0.2, -0.15) is 4.31 Å². The number of piperazine rings is 1. The molecule has 1 saturated heterocycles. The lowest BCUT2D eigenvalue weighted by Crippen LogP contribution is -2.50. The number of sulfonamides is 1. The third-order valence-corrected chi connectivity index (χ3v) is 6.13. The molecule has 1 aliphatic heterocycles. The van der Waals surface area contributed by atoms with Gasteiger partial charge in [0.15, 0.2) is 0 Å². The number of hydrogen-bond donors (Lipinski definition) is 0. The van der Waals surface area contributed by atoms with Gasteiger partial charge >= 0.3 is 0 Å². The molecule has 0 aromatic heterocycles. The Morgan fingerprint density at radius 1 is 1.13 bits per heavy atom. The van der Waals surface area contributed by atoms with Gasteiger partial charge in [-0.3, -0.25) is 4.79 Å². The quantitative estimate of drug-likeness (QED) is 0.843.